The van der Waals surface area contributed by atoms with E-state index in [0.29, 0.717) is 50.6 Å². The first-order valence-corrected chi connectivity index (χ1v) is 13.4. The molecular weight excluding hydrogens is 452 g/mol. The topological polar surface area (TPSA) is 91.8 Å². The molecule has 8 nitrogen and oxygen atoms in total. The molecule has 3 rings (SSSR count). The molecule has 3 heterocycles. The number of amides is 2. The summed E-state index contributed by atoms with van der Waals surface area (Å²) in [4.78, 5) is 45.9. The lowest BCUT2D eigenvalue weighted by Gasteiger charge is -2.45. The Morgan fingerprint density at radius 2 is 2.03 bits per heavy atom. The van der Waals surface area contributed by atoms with Crippen LogP contribution in [0.3, 0.4) is 0 Å². The molecule has 1 atom stereocenters. The Hall–Kier alpha value is -2.13. The van der Waals surface area contributed by atoms with Gasteiger partial charge in [-0.05, 0) is 43.1 Å². The molecule has 1 aromatic rings. The molecule has 2 saturated heterocycles. The van der Waals surface area contributed by atoms with Crippen molar-refractivity contribution < 1.29 is 19.1 Å². The molecule has 188 valence electrons. The fourth-order valence-electron chi connectivity index (χ4n) is 4.88. The molecule has 34 heavy (non-hydrogen) atoms. The van der Waals surface area contributed by atoms with Gasteiger partial charge in [-0.3, -0.25) is 19.7 Å². The van der Waals surface area contributed by atoms with Gasteiger partial charge in [0.15, 0.2) is 0 Å². The molecule has 1 spiro atoms. The van der Waals surface area contributed by atoms with Gasteiger partial charge in [0.05, 0.1) is 23.9 Å². The second-order valence-electron chi connectivity index (χ2n) is 9.48. The number of aromatic nitrogens is 1. The van der Waals surface area contributed by atoms with E-state index in [1.54, 1.807) is 18.0 Å². The molecule has 2 aliphatic rings. The third-order valence-corrected chi connectivity index (χ3v) is 7.36. The maximum Gasteiger partial charge on any atom is 0.302 e. The molecule has 0 aromatic carbocycles. The number of hydrogen-bond acceptors (Lipinski definition) is 7. The predicted molar refractivity (Wildman–Crippen MR) is 132 cm³/mol. The van der Waals surface area contributed by atoms with Crippen LogP contribution in [-0.2, 0) is 14.3 Å². The molecule has 0 bridgehead atoms. The van der Waals surface area contributed by atoms with E-state index in [4.69, 9.17) is 4.74 Å². The van der Waals surface area contributed by atoms with Crippen LogP contribution in [0, 0.1) is 5.92 Å². The van der Waals surface area contributed by atoms with E-state index in [2.05, 4.69) is 31.1 Å². The van der Waals surface area contributed by atoms with Gasteiger partial charge in [-0.1, -0.05) is 20.8 Å². The largest absolute Gasteiger partial charge is 0.466 e. The van der Waals surface area contributed by atoms with Gasteiger partial charge in [0.1, 0.15) is 5.03 Å². The number of carbonyl (C=O) groups is 3. The zero-order valence-electron chi connectivity index (χ0n) is 20.8. The predicted octanol–water partition coefficient (Wildman–Crippen LogP) is 3.32. The maximum absolute atomic E-state index is 13.3. The number of unbranched alkanes of at least 4 members (excludes halogenated alkanes) is 1. The average Bonchev–Trinajstić information content (AvgIpc) is 3.04. The Balaban J connectivity index is 1.68. The Morgan fingerprint density at radius 3 is 2.68 bits per heavy atom. The Kier molecular flexibility index (Phi) is 9.36. The maximum atomic E-state index is 13.3. The standard InChI is InChI=1S/C25H38N4O4S/c1-5-34-22-20(9-8-12-26-22)23(31)28-14-10-25(11-15-28)27-21(17-18(2)3)24(32)29(25)13-6-7-16-33-19(4)30/h8-9,12,18,21,27H,5-7,10-11,13-17H2,1-4H3. The minimum atomic E-state index is -0.426. The van der Waals surface area contributed by atoms with Crippen molar-refractivity contribution in [3.63, 3.8) is 0 Å². The van der Waals surface area contributed by atoms with Crippen molar-refractivity contribution in [1.29, 1.82) is 0 Å². The number of carbonyl (C=O) groups excluding carboxylic acids is 3. The first kappa shape index (κ1) is 26.5. The van der Waals surface area contributed by atoms with Crippen LogP contribution in [0.4, 0.5) is 0 Å². The summed E-state index contributed by atoms with van der Waals surface area (Å²) >= 11 is 1.58. The number of rotatable bonds is 10. The summed E-state index contributed by atoms with van der Waals surface area (Å²) in [7, 11) is 0. The van der Waals surface area contributed by atoms with Gasteiger partial charge >= 0.3 is 5.97 Å². The van der Waals surface area contributed by atoms with Crippen LogP contribution in [0.2, 0.25) is 0 Å². The molecule has 0 radical (unpaired) electrons. The van der Waals surface area contributed by atoms with Crippen molar-refractivity contribution in [3.8, 4) is 0 Å². The van der Waals surface area contributed by atoms with Crippen LogP contribution in [0.1, 0.15) is 70.2 Å². The molecule has 2 amide bonds. The lowest BCUT2D eigenvalue weighted by molar-refractivity contribution is -0.141. The van der Waals surface area contributed by atoms with Crippen molar-refractivity contribution in [2.75, 3.05) is 32.0 Å². The fourth-order valence-corrected chi connectivity index (χ4v) is 5.60. The van der Waals surface area contributed by atoms with Crippen LogP contribution in [-0.4, -0.2) is 76.3 Å². The summed E-state index contributed by atoms with van der Waals surface area (Å²) in [5.74, 6) is 1.14. The summed E-state index contributed by atoms with van der Waals surface area (Å²) in [6, 6.07) is 3.47. The highest BCUT2D eigenvalue weighted by atomic mass is 32.2. The molecule has 2 aliphatic heterocycles. The van der Waals surface area contributed by atoms with Crippen molar-refractivity contribution in [1.82, 2.24) is 20.1 Å². The van der Waals surface area contributed by atoms with Gasteiger partial charge in [0.25, 0.3) is 5.91 Å². The van der Waals surface area contributed by atoms with Crippen molar-refractivity contribution in [2.24, 2.45) is 5.92 Å². The number of nitrogens with zero attached hydrogens (tertiary/aromatic N) is 3. The molecule has 0 saturated carbocycles. The average molecular weight is 491 g/mol. The Labute approximate surface area is 207 Å². The quantitative estimate of drug-likeness (QED) is 0.306. The van der Waals surface area contributed by atoms with E-state index in [0.717, 1.165) is 30.0 Å². The lowest BCUT2D eigenvalue weighted by atomic mass is 9.95. The molecule has 1 aromatic heterocycles. The number of nitrogens with one attached hydrogen (secondary N) is 1. The highest BCUT2D eigenvalue weighted by Crippen LogP contribution is 2.35. The number of piperidine rings is 1. The zero-order chi connectivity index (χ0) is 24.7. The van der Waals surface area contributed by atoms with E-state index < -0.39 is 5.66 Å². The number of likely N-dealkylation sites (tertiary alicyclic amines) is 1. The summed E-state index contributed by atoms with van der Waals surface area (Å²) in [5, 5.41) is 4.44. The Bertz CT molecular complexity index is 870. The van der Waals surface area contributed by atoms with Crippen LogP contribution in [0.5, 0.6) is 0 Å². The second-order valence-corrected chi connectivity index (χ2v) is 10.7. The number of pyridine rings is 1. The lowest BCUT2D eigenvalue weighted by Crippen LogP contribution is -2.59. The SMILES string of the molecule is CCSc1ncccc1C(=O)N1CCC2(CC1)NC(CC(C)C)C(=O)N2CCCCOC(C)=O. The highest BCUT2D eigenvalue weighted by molar-refractivity contribution is 7.99. The first-order chi connectivity index (χ1) is 16.3. The van der Waals surface area contributed by atoms with Crippen molar-refractivity contribution >= 4 is 29.5 Å². The molecule has 1 N–H and O–H groups in total. The normalized spacial score (nSPS) is 19.8. The van der Waals surface area contributed by atoms with Crippen LogP contribution >= 0.6 is 11.8 Å². The summed E-state index contributed by atoms with van der Waals surface area (Å²) in [6.07, 6.45) is 5.40. The number of ether oxygens (including phenoxy) is 1. The summed E-state index contributed by atoms with van der Waals surface area (Å²) < 4.78 is 5.04. The molecular formula is C25H38N4O4S. The number of hydrogen-bond donors (Lipinski definition) is 1. The van der Waals surface area contributed by atoms with Crippen molar-refractivity contribution in [2.45, 2.75) is 76.5 Å². The third kappa shape index (κ3) is 6.30. The van der Waals surface area contributed by atoms with Gasteiger partial charge < -0.3 is 14.5 Å². The molecule has 1 unspecified atom stereocenters. The van der Waals surface area contributed by atoms with Gasteiger partial charge in [-0.2, -0.15) is 0 Å². The van der Waals surface area contributed by atoms with Crippen molar-refractivity contribution in [3.05, 3.63) is 23.9 Å². The molecule has 9 heteroatoms. The highest BCUT2D eigenvalue weighted by Gasteiger charge is 2.51. The number of thioether (sulfide) groups is 1. The van der Waals surface area contributed by atoms with E-state index in [1.165, 1.54) is 6.92 Å². The van der Waals surface area contributed by atoms with Gasteiger partial charge in [-0.25, -0.2) is 4.98 Å². The van der Waals surface area contributed by atoms with E-state index >= 15 is 0 Å². The number of esters is 1. The minimum Gasteiger partial charge on any atom is -0.466 e. The van der Waals surface area contributed by atoms with E-state index in [-0.39, 0.29) is 23.8 Å². The Morgan fingerprint density at radius 1 is 1.29 bits per heavy atom. The minimum absolute atomic E-state index is 0.00915. The summed E-state index contributed by atoms with van der Waals surface area (Å²) in [5.41, 5.74) is 0.228. The van der Waals surface area contributed by atoms with Crippen LogP contribution in [0.15, 0.2) is 23.4 Å². The smallest absolute Gasteiger partial charge is 0.302 e. The summed E-state index contributed by atoms with van der Waals surface area (Å²) in [6.45, 7) is 9.88. The van der Waals surface area contributed by atoms with E-state index in [9.17, 15) is 14.4 Å². The van der Waals surface area contributed by atoms with Gasteiger partial charge in [-0.15, -0.1) is 11.8 Å². The van der Waals surface area contributed by atoms with Gasteiger partial charge in [0.2, 0.25) is 5.91 Å². The third-order valence-electron chi connectivity index (χ3n) is 6.47. The zero-order valence-corrected chi connectivity index (χ0v) is 21.7. The molecule has 0 aliphatic carbocycles. The monoisotopic (exact) mass is 490 g/mol. The van der Waals surface area contributed by atoms with Crippen LogP contribution < -0.4 is 5.32 Å². The van der Waals surface area contributed by atoms with E-state index in [1.807, 2.05) is 21.9 Å². The fraction of sp³-hybridized carbons (Fsp3) is 0.680. The first-order valence-electron chi connectivity index (χ1n) is 12.4. The van der Waals surface area contributed by atoms with Gasteiger partial charge in [0, 0.05) is 45.6 Å². The second kappa shape index (κ2) is 12.0. The molecule has 2 fully saturated rings. The van der Waals surface area contributed by atoms with Crippen LogP contribution in [0.25, 0.3) is 0 Å².